The van der Waals surface area contributed by atoms with Gasteiger partial charge in [0.2, 0.25) is 0 Å². The molecule has 0 spiro atoms. The van der Waals surface area contributed by atoms with E-state index in [0.717, 1.165) is 32.2 Å². The van der Waals surface area contributed by atoms with Crippen molar-refractivity contribution in [1.82, 2.24) is 9.88 Å². The van der Waals surface area contributed by atoms with Gasteiger partial charge in [-0.05, 0) is 36.3 Å². The molecular weight excluding hydrogens is 260 g/mol. The summed E-state index contributed by atoms with van der Waals surface area (Å²) in [7, 11) is 0. The number of fused-ring (bicyclic) bond motifs is 1. The molecule has 114 valence electrons. The Kier molecular flexibility index (Phi) is 4.61. The minimum absolute atomic E-state index is 0.513. The maximum absolute atomic E-state index is 5.49. The van der Waals surface area contributed by atoms with Gasteiger partial charge in [0.1, 0.15) is 0 Å². The van der Waals surface area contributed by atoms with Crippen molar-refractivity contribution in [3.8, 4) is 0 Å². The first kappa shape index (κ1) is 14.6. The Hall–Kier alpha value is -1.32. The second-order valence-corrected chi connectivity index (χ2v) is 6.40. The summed E-state index contributed by atoms with van der Waals surface area (Å²) in [4.78, 5) is 0. The number of ether oxygens (including phenoxy) is 1. The van der Waals surface area contributed by atoms with Crippen molar-refractivity contribution in [3.63, 3.8) is 0 Å². The molecule has 1 N–H and O–H groups in total. The van der Waals surface area contributed by atoms with Gasteiger partial charge in [0.25, 0.3) is 0 Å². The van der Waals surface area contributed by atoms with E-state index >= 15 is 0 Å². The average Bonchev–Trinajstić information content (AvgIpc) is 2.84. The Morgan fingerprint density at radius 1 is 1.24 bits per heavy atom. The molecule has 1 aromatic heterocycles. The molecule has 1 fully saturated rings. The molecule has 3 heteroatoms. The summed E-state index contributed by atoms with van der Waals surface area (Å²) in [6.45, 7) is 8.30. The van der Waals surface area contributed by atoms with Crippen LogP contribution in [0.3, 0.4) is 0 Å². The van der Waals surface area contributed by atoms with Gasteiger partial charge in [-0.15, -0.1) is 0 Å². The largest absolute Gasteiger partial charge is 0.381 e. The third-order valence-electron chi connectivity index (χ3n) is 4.37. The number of hydrogen-bond donors (Lipinski definition) is 1. The summed E-state index contributed by atoms with van der Waals surface area (Å²) in [6.07, 6.45) is 2.37. The summed E-state index contributed by atoms with van der Waals surface area (Å²) in [5, 5.41) is 4.91. The Morgan fingerprint density at radius 2 is 2.00 bits per heavy atom. The summed E-state index contributed by atoms with van der Waals surface area (Å²) >= 11 is 0. The molecule has 0 bridgehead atoms. The second kappa shape index (κ2) is 6.63. The molecule has 0 saturated carbocycles. The Bertz CT molecular complexity index is 582. The first-order valence-electron chi connectivity index (χ1n) is 8.12. The molecule has 21 heavy (non-hydrogen) atoms. The summed E-state index contributed by atoms with van der Waals surface area (Å²) in [5.74, 6) is 0.743. The zero-order valence-electron chi connectivity index (χ0n) is 13.1. The van der Waals surface area contributed by atoms with Crippen LogP contribution in [-0.2, 0) is 17.8 Å². The predicted octanol–water partition coefficient (Wildman–Crippen LogP) is 3.57. The lowest BCUT2D eigenvalue weighted by Gasteiger charge is -2.24. The fourth-order valence-corrected chi connectivity index (χ4v) is 3.13. The first-order valence-corrected chi connectivity index (χ1v) is 8.12. The third kappa shape index (κ3) is 3.47. The summed E-state index contributed by atoms with van der Waals surface area (Å²) in [6, 6.07) is 11.6. The number of nitrogens with zero attached hydrogens (tertiary/aromatic N) is 1. The predicted molar refractivity (Wildman–Crippen MR) is 87.5 cm³/mol. The van der Waals surface area contributed by atoms with Crippen molar-refractivity contribution in [1.29, 1.82) is 0 Å². The lowest BCUT2D eigenvalue weighted by atomic mass is 10.0. The van der Waals surface area contributed by atoms with Crippen molar-refractivity contribution in [2.75, 3.05) is 13.2 Å². The Labute approximate surface area is 127 Å². The van der Waals surface area contributed by atoms with Crippen LogP contribution >= 0.6 is 0 Å². The average molecular weight is 286 g/mol. The van der Waals surface area contributed by atoms with E-state index in [1.54, 1.807) is 0 Å². The van der Waals surface area contributed by atoms with E-state index in [1.807, 2.05) is 0 Å². The number of aromatic nitrogens is 1. The fraction of sp³-hybridized carbons (Fsp3) is 0.556. The standard InChI is InChI=1S/C18H26N2O/c1-14(2)19-12-17-11-16-5-3-4-6-18(16)20(17)13-15-7-9-21-10-8-15/h3-6,11,14-15,19H,7-10,12-13H2,1-2H3. The van der Waals surface area contributed by atoms with Gasteiger partial charge in [0, 0.05) is 43.6 Å². The summed E-state index contributed by atoms with van der Waals surface area (Å²) in [5.41, 5.74) is 2.76. The van der Waals surface area contributed by atoms with Gasteiger partial charge in [-0.2, -0.15) is 0 Å². The van der Waals surface area contributed by atoms with Gasteiger partial charge >= 0.3 is 0 Å². The van der Waals surface area contributed by atoms with Crippen molar-refractivity contribution in [2.45, 2.75) is 45.8 Å². The Balaban J connectivity index is 1.87. The molecule has 0 aliphatic carbocycles. The maximum Gasteiger partial charge on any atom is 0.0483 e. The van der Waals surface area contributed by atoms with E-state index in [9.17, 15) is 0 Å². The van der Waals surface area contributed by atoms with Crippen molar-refractivity contribution in [3.05, 3.63) is 36.0 Å². The molecule has 3 nitrogen and oxygen atoms in total. The molecule has 1 aliphatic rings. The highest BCUT2D eigenvalue weighted by molar-refractivity contribution is 5.81. The lowest BCUT2D eigenvalue weighted by molar-refractivity contribution is 0.0614. The molecule has 2 aromatic rings. The van der Waals surface area contributed by atoms with Crippen molar-refractivity contribution >= 4 is 10.9 Å². The van der Waals surface area contributed by atoms with Crippen LogP contribution in [0.1, 0.15) is 32.4 Å². The van der Waals surface area contributed by atoms with Crippen LogP contribution in [0, 0.1) is 5.92 Å². The molecule has 0 radical (unpaired) electrons. The maximum atomic E-state index is 5.49. The zero-order chi connectivity index (χ0) is 14.7. The van der Waals surface area contributed by atoms with Crippen LogP contribution in [-0.4, -0.2) is 23.8 Å². The summed E-state index contributed by atoms with van der Waals surface area (Å²) < 4.78 is 8.01. The fourth-order valence-electron chi connectivity index (χ4n) is 3.13. The van der Waals surface area contributed by atoms with E-state index in [2.05, 4.69) is 54.1 Å². The molecule has 3 rings (SSSR count). The van der Waals surface area contributed by atoms with Crippen LogP contribution in [0.25, 0.3) is 10.9 Å². The van der Waals surface area contributed by atoms with E-state index in [0.29, 0.717) is 6.04 Å². The second-order valence-electron chi connectivity index (χ2n) is 6.40. The van der Waals surface area contributed by atoms with Gasteiger partial charge in [0.15, 0.2) is 0 Å². The quantitative estimate of drug-likeness (QED) is 0.909. The topological polar surface area (TPSA) is 26.2 Å². The highest BCUT2D eigenvalue weighted by Gasteiger charge is 2.17. The van der Waals surface area contributed by atoms with Gasteiger partial charge in [-0.25, -0.2) is 0 Å². The smallest absolute Gasteiger partial charge is 0.0483 e. The van der Waals surface area contributed by atoms with E-state index in [4.69, 9.17) is 4.74 Å². The SMILES string of the molecule is CC(C)NCc1cc2ccccc2n1CC1CCOCC1. The zero-order valence-corrected chi connectivity index (χ0v) is 13.1. The van der Waals surface area contributed by atoms with Crippen LogP contribution < -0.4 is 5.32 Å². The molecule has 2 heterocycles. The molecular formula is C18H26N2O. The highest BCUT2D eigenvalue weighted by Crippen LogP contribution is 2.24. The number of hydrogen-bond acceptors (Lipinski definition) is 2. The molecule has 0 unspecified atom stereocenters. The molecule has 0 atom stereocenters. The van der Waals surface area contributed by atoms with E-state index in [-0.39, 0.29) is 0 Å². The molecule has 0 amide bonds. The van der Waals surface area contributed by atoms with Crippen LogP contribution in [0.5, 0.6) is 0 Å². The minimum atomic E-state index is 0.513. The minimum Gasteiger partial charge on any atom is -0.381 e. The van der Waals surface area contributed by atoms with Gasteiger partial charge < -0.3 is 14.6 Å². The van der Waals surface area contributed by atoms with Gasteiger partial charge in [-0.3, -0.25) is 0 Å². The highest BCUT2D eigenvalue weighted by atomic mass is 16.5. The van der Waals surface area contributed by atoms with Crippen molar-refractivity contribution in [2.24, 2.45) is 5.92 Å². The van der Waals surface area contributed by atoms with Crippen LogP contribution in [0.15, 0.2) is 30.3 Å². The molecule has 1 aromatic carbocycles. The molecule has 1 aliphatic heterocycles. The lowest BCUT2D eigenvalue weighted by Crippen LogP contribution is -2.25. The van der Waals surface area contributed by atoms with Crippen LogP contribution in [0.4, 0.5) is 0 Å². The van der Waals surface area contributed by atoms with Gasteiger partial charge in [0.05, 0.1) is 0 Å². The van der Waals surface area contributed by atoms with Crippen LogP contribution in [0.2, 0.25) is 0 Å². The van der Waals surface area contributed by atoms with Gasteiger partial charge in [-0.1, -0.05) is 32.0 Å². The Morgan fingerprint density at radius 3 is 2.76 bits per heavy atom. The first-order chi connectivity index (χ1) is 10.2. The van der Waals surface area contributed by atoms with E-state index in [1.165, 1.54) is 29.4 Å². The number of nitrogens with one attached hydrogen (secondary N) is 1. The normalized spacial score (nSPS) is 16.9. The van der Waals surface area contributed by atoms with E-state index < -0.39 is 0 Å². The number of benzene rings is 1. The number of para-hydroxylation sites is 1. The monoisotopic (exact) mass is 286 g/mol. The van der Waals surface area contributed by atoms with Crippen molar-refractivity contribution < 1.29 is 4.74 Å². The molecule has 1 saturated heterocycles. The number of rotatable bonds is 5. The third-order valence-corrected chi connectivity index (χ3v) is 4.37.